The van der Waals surface area contributed by atoms with E-state index in [2.05, 4.69) is 21.7 Å². The summed E-state index contributed by atoms with van der Waals surface area (Å²) in [6.45, 7) is 5.14. The van der Waals surface area contributed by atoms with Crippen LogP contribution in [0.1, 0.15) is 5.69 Å². The van der Waals surface area contributed by atoms with Gasteiger partial charge in [0, 0.05) is 43.7 Å². The van der Waals surface area contributed by atoms with Crippen molar-refractivity contribution in [2.45, 2.75) is 6.54 Å². The molecule has 3 aromatic rings. The van der Waals surface area contributed by atoms with Crippen LogP contribution >= 0.6 is 11.3 Å². The van der Waals surface area contributed by atoms with Gasteiger partial charge in [0.05, 0.1) is 5.69 Å². The number of hydrogen-bond donors (Lipinski definition) is 1. The van der Waals surface area contributed by atoms with Crippen LogP contribution in [0.2, 0.25) is 0 Å². The van der Waals surface area contributed by atoms with Crippen molar-refractivity contribution in [1.29, 1.82) is 0 Å². The van der Waals surface area contributed by atoms with Gasteiger partial charge in [-0.05, 0) is 35.4 Å². The number of nitrogens with one attached hydrogen (secondary N) is 1. The Balaban J connectivity index is 1.48. The molecule has 0 spiro atoms. The maximum absolute atomic E-state index is 13.4. The molecule has 25 heavy (non-hydrogen) atoms. The quantitative estimate of drug-likeness (QED) is 0.774. The minimum atomic E-state index is -0.223. The summed E-state index contributed by atoms with van der Waals surface area (Å²) in [6, 6.07) is 15.8. The lowest BCUT2D eigenvalue weighted by Gasteiger charge is -2.26. The molecule has 1 aromatic heterocycles. The van der Waals surface area contributed by atoms with Crippen LogP contribution in [0.5, 0.6) is 0 Å². The van der Waals surface area contributed by atoms with E-state index >= 15 is 0 Å². The Hall–Kier alpha value is -2.08. The van der Waals surface area contributed by atoms with Crippen LogP contribution in [0.3, 0.4) is 0 Å². The Morgan fingerprint density at radius 1 is 1.16 bits per heavy atom. The van der Waals surface area contributed by atoms with Gasteiger partial charge in [0.1, 0.15) is 10.8 Å². The van der Waals surface area contributed by atoms with Crippen LogP contribution in [-0.4, -0.2) is 36.1 Å². The highest BCUT2D eigenvalue weighted by Crippen LogP contribution is 2.27. The molecule has 4 rings (SSSR count). The molecule has 2 aromatic carbocycles. The van der Waals surface area contributed by atoms with Gasteiger partial charge in [-0.2, -0.15) is 0 Å². The standard InChI is InChI=1S/C20H19FN3S/c21-18-3-1-2-17(12-18)15-4-6-16(7-5-15)20-23-19(14-25-20)13-24-10-8-22-9-11-24/h1-6,12,14,22H,8-11,13H2. The summed E-state index contributed by atoms with van der Waals surface area (Å²) < 4.78 is 13.4. The van der Waals surface area contributed by atoms with Gasteiger partial charge in [-0.1, -0.05) is 24.3 Å². The van der Waals surface area contributed by atoms with Gasteiger partial charge in [0.25, 0.3) is 0 Å². The summed E-state index contributed by atoms with van der Waals surface area (Å²) in [5, 5.41) is 6.48. The van der Waals surface area contributed by atoms with Gasteiger partial charge >= 0.3 is 0 Å². The molecule has 1 N–H and O–H groups in total. The minimum absolute atomic E-state index is 0.223. The topological polar surface area (TPSA) is 28.2 Å². The SMILES string of the molecule is Fc1cccc(-c2c[c]c(-c3nc(CN4CCNCC4)cs3)cc2)c1. The zero-order valence-electron chi connectivity index (χ0n) is 13.8. The first-order chi connectivity index (χ1) is 12.3. The first kappa shape index (κ1) is 16.4. The summed E-state index contributed by atoms with van der Waals surface area (Å²) >= 11 is 1.65. The molecule has 1 saturated heterocycles. The number of piperazine rings is 1. The predicted molar refractivity (Wildman–Crippen MR) is 99.9 cm³/mol. The van der Waals surface area contributed by atoms with E-state index < -0.39 is 0 Å². The van der Waals surface area contributed by atoms with E-state index in [0.29, 0.717) is 0 Å². The molecule has 3 nitrogen and oxygen atoms in total. The lowest BCUT2D eigenvalue weighted by molar-refractivity contribution is 0.231. The van der Waals surface area contributed by atoms with Crippen molar-refractivity contribution in [2.24, 2.45) is 0 Å². The highest BCUT2D eigenvalue weighted by Gasteiger charge is 2.12. The molecule has 1 aliphatic rings. The third kappa shape index (κ3) is 3.95. The highest BCUT2D eigenvalue weighted by atomic mass is 32.1. The van der Waals surface area contributed by atoms with Crippen molar-refractivity contribution in [3.63, 3.8) is 0 Å². The molecule has 0 amide bonds. The van der Waals surface area contributed by atoms with E-state index in [9.17, 15) is 4.39 Å². The summed E-state index contributed by atoms with van der Waals surface area (Å²) in [4.78, 5) is 7.18. The Bertz CT molecular complexity index is 838. The molecule has 0 unspecified atom stereocenters. The van der Waals surface area contributed by atoms with Gasteiger partial charge < -0.3 is 5.32 Å². The van der Waals surface area contributed by atoms with Crippen LogP contribution < -0.4 is 5.32 Å². The van der Waals surface area contributed by atoms with E-state index in [-0.39, 0.29) is 5.82 Å². The Labute approximate surface area is 151 Å². The average molecular weight is 352 g/mol. The van der Waals surface area contributed by atoms with Gasteiger partial charge in [-0.3, -0.25) is 4.90 Å². The summed E-state index contributed by atoms with van der Waals surface area (Å²) in [7, 11) is 0. The molecule has 1 radical (unpaired) electrons. The van der Waals surface area contributed by atoms with Crippen LogP contribution in [0.25, 0.3) is 21.7 Å². The number of hydrogen-bond acceptors (Lipinski definition) is 4. The second kappa shape index (κ2) is 7.44. The molecule has 0 saturated carbocycles. The molecule has 0 aliphatic carbocycles. The summed E-state index contributed by atoms with van der Waals surface area (Å²) in [5.74, 6) is -0.223. The van der Waals surface area contributed by atoms with Crippen LogP contribution in [0.4, 0.5) is 4.39 Å². The fourth-order valence-corrected chi connectivity index (χ4v) is 3.81. The van der Waals surface area contributed by atoms with Crippen LogP contribution in [0.15, 0.2) is 47.8 Å². The van der Waals surface area contributed by atoms with E-state index in [1.807, 2.05) is 24.3 Å². The van der Waals surface area contributed by atoms with Crippen molar-refractivity contribution in [2.75, 3.05) is 26.2 Å². The summed E-state index contributed by atoms with van der Waals surface area (Å²) in [5.41, 5.74) is 3.92. The monoisotopic (exact) mass is 352 g/mol. The second-order valence-corrected chi connectivity index (χ2v) is 7.03. The molecule has 5 heteroatoms. The Morgan fingerprint density at radius 3 is 2.80 bits per heavy atom. The van der Waals surface area contributed by atoms with Crippen molar-refractivity contribution >= 4 is 11.3 Å². The first-order valence-corrected chi connectivity index (χ1v) is 9.31. The molecule has 0 atom stereocenters. The summed E-state index contributed by atoms with van der Waals surface area (Å²) in [6.07, 6.45) is 0. The van der Waals surface area contributed by atoms with E-state index in [1.165, 1.54) is 12.1 Å². The lowest BCUT2D eigenvalue weighted by Crippen LogP contribution is -2.42. The Morgan fingerprint density at radius 2 is 2.04 bits per heavy atom. The largest absolute Gasteiger partial charge is 0.314 e. The number of halogens is 1. The van der Waals surface area contributed by atoms with Crippen molar-refractivity contribution < 1.29 is 4.39 Å². The average Bonchev–Trinajstić information content (AvgIpc) is 3.11. The number of aromatic nitrogens is 1. The number of nitrogens with zero attached hydrogens (tertiary/aromatic N) is 2. The predicted octanol–water partition coefficient (Wildman–Crippen LogP) is 3.82. The Kier molecular flexibility index (Phi) is 4.88. The van der Waals surface area contributed by atoms with Gasteiger partial charge in [-0.25, -0.2) is 9.37 Å². The molecule has 0 bridgehead atoms. The van der Waals surface area contributed by atoms with Gasteiger partial charge in [-0.15, -0.1) is 11.3 Å². The number of thiazole rings is 1. The van der Waals surface area contributed by atoms with Crippen molar-refractivity contribution in [3.8, 4) is 21.7 Å². The third-order valence-corrected chi connectivity index (χ3v) is 5.27. The minimum Gasteiger partial charge on any atom is -0.314 e. The third-order valence-electron chi connectivity index (χ3n) is 4.35. The smallest absolute Gasteiger partial charge is 0.124 e. The molecule has 1 aliphatic heterocycles. The highest BCUT2D eigenvalue weighted by molar-refractivity contribution is 7.13. The van der Waals surface area contributed by atoms with Gasteiger partial charge in [0.2, 0.25) is 0 Å². The maximum atomic E-state index is 13.4. The fraction of sp³-hybridized carbons (Fsp3) is 0.250. The number of rotatable bonds is 4. The van der Waals surface area contributed by atoms with Crippen LogP contribution in [-0.2, 0) is 6.54 Å². The zero-order chi connectivity index (χ0) is 17.1. The van der Waals surface area contributed by atoms with Crippen LogP contribution in [0, 0.1) is 11.9 Å². The fourth-order valence-electron chi connectivity index (χ4n) is 3.01. The normalized spacial score (nSPS) is 15.4. The second-order valence-electron chi connectivity index (χ2n) is 6.17. The maximum Gasteiger partial charge on any atom is 0.124 e. The molecular formula is C20H19FN3S. The first-order valence-electron chi connectivity index (χ1n) is 8.43. The van der Waals surface area contributed by atoms with Crippen molar-refractivity contribution in [3.05, 3.63) is 65.4 Å². The van der Waals surface area contributed by atoms with E-state index in [0.717, 1.165) is 60.1 Å². The van der Waals surface area contributed by atoms with Crippen molar-refractivity contribution in [1.82, 2.24) is 15.2 Å². The van der Waals surface area contributed by atoms with E-state index in [1.54, 1.807) is 17.4 Å². The molecule has 2 heterocycles. The lowest BCUT2D eigenvalue weighted by atomic mass is 10.0. The van der Waals surface area contributed by atoms with E-state index in [4.69, 9.17) is 4.98 Å². The molecule has 127 valence electrons. The number of benzene rings is 2. The zero-order valence-corrected chi connectivity index (χ0v) is 14.7. The molecule has 1 fully saturated rings. The molecular weight excluding hydrogens is 333 g/mol. The van der Waals surface area contributed by atoms with Gasteiger partial charge in [0.15, 0.2) is 0 Å².